The van der Waals surface area contributed by atoms with Crippen molar-refractivity contribution in [3.63, 3.8) is 0 Å². The van der Waals surface area contributed by atoms with E-state index in [9.17, 15) is 4.79 Å². The van der Waals surface area contributed by atoms with Crippen LogP contribution in [-0.2, 0) is 11.4 Å². The number of carbonyl (C=O) groups is 1. The van der Waals surface area contributed by atoms with Crippen molar-refractivity contribution >= 4 is 86.9 Å². The summed E-state index contributed by atoms with van der Waals surface area (Å²) in [6.07, 6.45) is 0.485. The van der Waals surface area contributed by atoms with Gasteiger partial charge in [0.15, 0.2) is 16.7 Å². The Morgan fingerprint density at radius 3 is 2.59 bits per heavy atom. The third-order valence-electron chi connectivity index (χ3n) is 6.03. The summed E-state index contributed by atoms with van der Waals surface area (Å²) in [4.78, 5) is 28.4. The maximum absolute atomic E-state index is 13.6. The molecule has 0 spiro atoms. The predicted molar refractivity (Wildman–Crippen MR) is 168 cm³/mol. The first-order valence-electron chi connectivity index (χ1n) is 12.1. The van der Waals surface area contributed by atoms with Crippen molar-refractivity contribution in [1.82, 2.24) is 15.3 Å². The molecule has 5 rings (SSSR count). The van der Waals surface area contributed by atoms with Gasteiger partial charge in [0.2, 0.25) is 6.17 Å². The second-order valence-electron chi connectivity index (χ2n) is 8.73. The fraction of sp³-hybridized carbons (Fsp3) is 0.107. The molecule has 208 valence electrons. The molecule has 1 aliphatic heterocycles. The van der Waals surface area contributed by atoms with Crippen LogP contribution in [0.4, 0.5) is 11.5 Å². The molecule has 2 aromatic carbocycles. The lowest BCUT2D eigenvalue weighted by atomic mass is 10.00. The number of hydrogen-bond acceptors (Lipinski definition) is 6. The molecule has 2 aromatic heterocycles. The van der Waals surface area contributed by atoms with E-state index in [0.717, 1.165) is 0 Å². The molecule has 13 heteroatoms. The summed E-state index contributed by atoms with van der Waals surface area (Å²) in [5, 5.41) is 7.58. The standard InChI is InChI=1S/C28H20Cl4N6O2S/c1-38-21-11-8-15(29)13-18(21)23(17-5-2-3-6-19(17)30)35-26(27(38)39)37-28(41)36-25-22(7-4-12-33-25)40-14-16-9-10-20(31)24(32)34-16/h2-13,26H,14H2,1H3,(H2,33,36,37,41). The molecule has 0 saturated heterocycles. The lowest BCUT2D eigenvalue weighted by Crippen LogP contribution is -2.47. The summed E-state index contributed by atoms with van der Waals surface area (Å²) >= 11 is 30.4. The monoisotopic (exact) mass is 644 g/mol. The van der Waals surface area contributed by atoms with E-state index < -0.39 is 6.17 Å². The Labute approximate surface area is 261 Å². The molecule has 4 aromatic rings. The fourth-order valence-corrected chi connectivity index (χ4v) is 4.95. The number of carbonyl (C=O) groups excluding carboxylic acids is 1. The van der Waals surface area contributed by atoms with E-state index >= 15 is 0 Å². The van der Waals surface area contributed by atoms with Crippen LogP contribution in [0.3, 0.4) is 0 Å². The van der Waals surface area contributed by atoms with E-state index in [1.54, 1.807) is 61.8 Å². The quantitative estimate of drug-likeness (QED) is 0.176. The van der Waals surface area contributed by atoms with Gasteiger partial charge in [-0.3, -0.25) is 4.79 Å². The molecule has 2 N–H and O–H groups in total. The molecule has 1 amide bonds. The van der Waals surface area contributed by atoms with E-state index in [1.807, 2.05) is 18.2 Å². The molecule has 0 radical (unpaired) electrons. The lowest BCUT2D eigenvalue weighted by Gasteiger charge is -2.22. The first-order valence-corrected chi connectivity index (χ1v) is 14.0. The third-order valence-corrected chi connectivity index (χ3v) is 7.51. The Balaban J connectivity index is 1.40. The number of pyridine rings is 2. The number of hydrogen-bond donors (Lipinski definition) is 2. The highest BCUT2D eigenvalue weighted by atomic mass is 35.5. The molecule has 3 heterocycles. The van der Waals surface area contributed by atoms with Gasteiger partial charge in [-0.2, -0.15) is 0 Å². The zero-order chi connectivity index (χ0) is 29.1. The SMILES string of the molecule is CN1C(=O)C(NC(=S)Nc2ncccc2OCc2ccc(Cl)c(Cl)n2)N=C(c2ccccc2Cl)c2cc(Cl)ccc21. The number of halogens is 4. The normalized spacial score (nSPS) is 14.6. The number of ether oxygens (including phenoxy) is 1. The molecule has 1 atom stereocenters. The molecule has 0 fully saturated rings. The number of likely N-dealkylation sites (N-methyl/N-ethyl adjacent to an activating group) is 1. The van der Waals surface area contributed by atoms with Crippen LogP contribution in [-0.4, -0.2) is 39.9 Å². The van der Waals surface area contributed by atoms with Crippen molar-refractivity contribution in [3.05, 3.63) is 110 Å². The summed E-state index contributed by atoms with van der Waals surface area (Å²) in [5.41, 5.74) is 2.98. The summed E-state index contributed by atoms with van der Waals surface area (Å²) in [6.45, 7) is 0.107. The van der Waals surface area contributed by atoms with E-state index in [1.165, 1.54) is 4.90 Å². The van der Waals surface area contributed by atoms with Gasteiger partial charge in [-0.1, -0.05) is 64.6 Å². The van der Waals surface area contributed by atoms with Crippen molar-refractivity contribution in [3.8, 4) is 5.75 Å². The molecule has 1 unspecified atom stereocenters. The average Bonchev–Trinajstić information content (AvgIpc) is 3.05. The zero-order valence-corrected chi connectivity index (χ0v) is 25.1. The summed E-state index contributed by atoms with van der Waals surface area (Å²) in [5.74, 6) is 0.379. The number of aliphatic imine (C=N–C) groups is 1. The minimum absolute atomic E-state index is 0.0965. The maximum Gasteiger partial charge on any atom is 0.272 e. The Morgan fingerprint density at radius 2 is 1.80 bits per heavy atom. The van der Waals surface area contributed by atoms with Gasteiger partial charge >= 0.3 is 0 Å². The van der Waals surface area contributed by atoms with Crippen LogP contribution in [0.25, 0.3) is 0 Å². The van der Waals surface area contributed by atoms with Gasteiger partial charge in [-0.05, 0) is 60.7 Å². The van der Waals surface area contributed by atoms with Gasteiger partial charge in [0.25, 0.3) is 5.91 Å². The fourth-order valence-electron chi connectivity index (χ4n) is 4.06. The van der Waals surface area contributed by atoms with E-state index in [4.69, 9.17) is 68.4 Å². The zero-order valence-electron chi connectivity index (χ0n) is 21.2. The first-order chi connectivity index (χ1) is 19.7. The molecule has 0 bridgehead atoms. The number of thiocarbonyl (C=S) groups is 1. The van der Waals surface area contributed by atoms with Gasteiger partial charge in [0, 0.05) is 34.4 Å². The van der Waals surface area contributed by atoms with Crippen LogP contribution in [0.1, 0.15) is 16.8 Å². The Bertz CT molecular complexity index is 1690. The minimum atomic E-state index is -1.09. The van der Waals surface area contributed by atoms with Crippen LogP contribution in [0.5, 0.6) is 5.75 Å². The highest BCUT2D eigenvalue weighted by molar-refractivity contribution is 7.80. The second kappa shape index (κ2) is 12.6. The number of aromatic nitrogens is 2. The third kappa shape index (κ3) is 6.55. The topological polar surface area (TPSA) is 91.7 Å². The Hall–Kier alpha value is -3.47. The van der Waals surface area contributed by atoms with Gasteiger partial charge in [0.05, 0.1) is 22.1 Å². The van der Waals surface area contributed by atoms with E-state index in [-0.39, 0.29) is 22.8 Å². The smallest absolute Gasteiger partial charge is 0.272 e. The van der Waals surface area contributed by atoms with E-state index in [0.29, 0.717) is 54.9 Å². The van der Waals surface area contributed by atoms with Crippen LogP contribution >= 0.6 is 58.6 Å². The molecular formula is C28H20Cl4N6O2S. The van der Waals surface area contributed by atoms with Crippen LogP contribution in [0.15, 0.2) is 77.9 Å². The highest BCUT2D eigenvalue weighted by Gasteiger charge is 2.31. The average molecular weight is 646 g/mol. The summed E-state index contributed by atoms with van der Waals surface area (Å²) in [7, 11) is 1.66. The van der Waals surface area contributed by atoms with Gasteiger partial charge < -0.3 is 20.3 Å². The van der Waals surface area contributed by atoms with Crippen molar-refractivity contribution in [2.75, 3.05) is 17.3 Å². The first kappa shape index (κ1) is 29.0. The summed E-state index contributed by atoms with van der Waals surface area (Å²) < 4.78 is 5.90. The molecule has 8 nitrogen and oxygen atoms in total. The van der Waals surface area contributed by atoms with Crippen LogP contribution < -0.4 is 20.3 Å². The predicted octanol–water partition coefficient (Wildman–Crippen LogP) is 6.80. The Morgan fingerprint density at radius 1 is 1.00 bits per heavy atom. The number of rotatable bonds is 6. The van der Waals surface area contributed by atoms with Gasteiger partial charge in [-0.15, -0.1) is 0 Å². The minimum Gasteiger partial charge on any atom is -0.483 e. The molecule has 0 aliphatic carbocycles. The number of nitrogens with zero attached hydrogens (tertiary/aromatic N) is 4. The van der Waals surface area contributed by atoms with Crippen molar-refractivity contribution in [2.45, 2.75) is 12.8 Å². The second-order valence-corrected chi connectivity index (χ2v) is 10.7. The largest absolute Gasteiger partial charge is 0.483 e. The van der Waals surface area contributed by atoms with Gasteiger partial charge in [-0.25, -0.2) is 15.0 Å². The van der Waals surface area contributed by atoms with E-state index in [2.05, 4.69) is 20.6 Å². The van der Waals surface area contributed by atoms with Crippen LogP contribution in [0, 0.1) is 0 Å². The van der Waals surface area contributed by atoms with Crippen LogP contribution in [0.2, 0.25) is 20.2 Å². The number of amides is 1. The van der Waals surface area contributed by atoms with Crippen molar-refractivity contribution < 1.29 is 9.53 Å². The number of anilines is 2. The molecule has 41 heavy (non-hydrogen) atoms. The number of benzodiazepines with no additional fused rings is 1. The molecular weight excluding hydrogens is 626 g/mol. The summed E-state index contributed by atoms with van der Waals surface area (Å²) in [6, 6.07) is 19.3. The number of nitrogens with one attached hydrogen (secondary N) is 2. The molecule has 0 saturated carbocycles. The van der Waals surface area contributed by atoms with Crippen molar-refractivity contribution in [1.29, 1.82) is 0 Å². The number of benzene rings is 2. The Kier molecular flexibility index (Phi) is 8.91. The molecule has 1 aliphatic rings. The lowest BCUT2D eigenvalue weighted by molar-refractivity contribution is -0.119. The van der Waals surface area contributed by atoms with Crippen molar-refractivity contribution in [2.24, 2.45) is 4.99 Å². The highest BCUT2D eigenvalue weighted by Crippen LogP contribution is 2.32. The van der Waals surface area contributed by atoms with Gasteiger partial charge in [0.1, 0.15) is 11.8 Å². The maximum atomic E-state index is 13.6. The number of fused-ring (bicyclic) bond motifs is 1.